The van der Waals surface area contributed by atoms with Gasteiger partial charge in [-0.3, -0.25) is 9.79 Å². The van der Waals surface area contributed by atoms with Crippen molar-refractivity contribution in [3.8, 4) is 0 Å². The molecule has 4 heteroatoms. The Morgan fingerprint density at radius 3 is 2.71 bits per heavy atom. The number of aliphatic imine (C=N–C) groups is 1. The molecule has 0 radical (unpaired) electrons. The standard InChI is InChI=1S/C10H11N3O/c11-9(14)10-12-6-7-13(10)8-4-2-1-3-5-8/h1-5H,6-7H2,(H2,11,14). The minimum Gasteiger partial charge on any atom is -0.363 e. The number of hydrogen-bond donors (Lipinski definition) is 1. The summed E-state index contributed by atoms with van der Waals surface area (Å²) >= 11 is 0. The highest BCUT2D eigenvalue weighted by atomic mass is 16.1. The van der Waals surface area contributed by atoms with E-state index in [1.807, 2.05) is 35.2 Å². The van der Waals surface area contributed by atoms with Crippen LogP contribution in [0.15, 0.2) is 35.3 Å². The molecule has 0 saturated heterocycles. The molecule has 2 N–H and O–H groups in total. The van der Waals surface area contributed by atoms with Gasteiger partial charge in [-0.1, -0.05) is 18.2 Å². The van der Waals surface area contributed by atoms with E-state index in [2.05, 4.69) is 4.99 Å². The van der Waals surface area contributed by atoms with E-state index in [1.165, 1.54) is 0 Å². The molecule has 1 amide bonds. The molecule has 0 unspecified atom stereocenters. The zero-order valence-corrected chi connectivity index (χ0v) is 7.68. The summed E-state index contributed by atoms with van der Waals surface area (Å²) in [6.45, 7) is 1.36. The first-order chi connectivity index (χ1) is 6.79. The van der Waals surface area contributed by atoms with Crippen LogP contribution in [-0.2, 0) is 4.79 Å². The summed E-state index contributed by atoms with van der Waals surface area (Å²) in [6, 6.07) is 9.65. The normalized spacial score (nSPS) is 15.4. The van der Waals surface area contributed by atoms with Crippen molar-refractivity contribution < 1.29 is 4.79 Å². The lowest BCUT2D eigenvalue weighted by atomic mass is 10.3. The molecule has 1 aliphatic rings. The summed E-state index contributed by atoms with van der Waals surface area (Å²) in [6.07, 6.45) is 0. The van der Waals surface area contributed by atoms with Crippen LogP contribution < -0.4 is 10.6 Å². The molecule has 0 saturated carbocycles. The number of carbonyl (C=O) groups is 1. The van der Waals surface area contributed by atoms with Crippen molar-refractivity contribution in [3.63, 3.8) is 0 Å². The van der Waals surface area contributed by atoms with Crippen LogP contribution in [0.1, 0.15) is 0 Å². The molecule has 2 rings (SSSR count). The van der Waals surface area contributed by atoms with Crippen LogP contribution in [0.5, 0.6) is 0 Å². The van der Waals surface area contributed by atoms with Crippen molar-refractivity contribution in [1.82, 2.24) is 0 Å². The number of rotatable bonds is 2. The zero-order chi connectivity index (χ0) is 9.97. The predicted molar refractivity (Wildman–Crippen MR) is 55.3 cm³/mol. The second-order valence-corrected chi connectivity index (χ2v) is 3.06. The number of amidine groups is 1. The van der Waals surface area contributed by atoms with Crippen molar-refractivity contribution >= 4 is 17.4 Å². The molecule has 1 aromatic rings. The van der Waals surface area contributed by atoms with E-state index < -0.39 is 5.91 Å². The van der Waals surface area contributed by atoms with Crippen molar-refractivity contribution in [1.29, 1.82) is 0 Å². The lowest BCUT2D eigenvalue weighted by molar-refractivity contribution is -0.112. The number of hydrogen-bond acceptors (Lipinski definition) is 3. The Kier molecular flexibility index (Phi) is 2.18. The molecule has 0 aliphatic carbocycles. The minimum atomic E-state index is -0.466. The van der Waals surface area contributed by atoms with E-state index in [0.29, 0.717) is 12.4 Å². The van der Waals surface area contributed by atoms with Gasteiger partial charge < -0.3 is 10.6 Å². The number of benzene rings is 1. The van der Waals surface area contributed by atoms with Gasteiger partial charge in [-0.25, -0.2) is 0 Å². The molecular formula is C10H11N3O. The Morgan fingerprint density at radius 2 is 2.07 bits per heavy atom. The predicted octanol–water partition coefficient (Wildman–Crippen LogP) is 0.390. The molecule has 14 heavy (non-hydrogen) atoms. The van der Waals surface area contributed by atoms with Gasteiger partial charge in [-0.05, 0) is 12.1 Å². The molecule has 1 aliphatic heterocycles. The van der Waals surface area contributed by atoms with Crippen LogP contribution in [0.4, 0.5) is 5.69 Å². The van der Waals surface area contributed by atoms with E-state index in [4.69, 9.17) is 5.73 Å². The topological polar surface area (TPSA) is 58.7 Å². The summed E-state index contributed by atoms with van der Waals surface area (Å²) in [7, 11) is 0. The van der Waals surface area contributed by atoms with Gasteiger partial charge in [0.15, 0.2) is 5.84 Å². The quantitative estimate of drug-likeness (QED) is 0.731. The Bertz CT molecular complexity index is 372. The van der Waals surface area contributed by atoms with E-state index >= 15 is 0 Å². The molecule has 0 aromatic heterocycles. The number of nitrogens with zero attached hydrogens (tertiary/aromatic N) is 2. The largest absolute Gasteiger partial charge is 0.363 e. The molecular weight excluding hydrogens is 178 g/mol. The maximum atomic E-state index is 11.0. The van der Waals surface area contributed by atoms with Crippen LogP contribution in [0.3, 0.4) is 0 Å². The highest BCUT2D eigenvalue weighted by molar-refractivity contribution is 6.43. The number of amides is 1. The van der Waals surface area contributed by atoms with Crippen molar-refractivity contribution in [2.75, 3.05) is 18.0 Å². The Balaban J connectivity index is 2.29. The number of para-hydroxylation sites is 1. The van der Waals surface area contributed by atoms with Crippen LogP contribution in [0, 0.1) is 0 Å². The Labute approximate surface area is 82.0 Å². The van der Waals surface area contributed by atoms with Gasteiger partial charge in [0.05, 0.1) is 6.54 Å². The van der Waals surface area contributed by atoms with Gasteiger partial charge >= 0.3 is 0 Å². The average molecular weight is 189 g/mol. The Morgan fingerprint density at radius 1 is 1.36 bits per heavy atom. The molecule has 0 spiro atoms. The van der Waals surface area contributed by atoms with Gasteiger partial charge in [-0.15, -0.1) is 0 Å². The second-order valence-electron chi connectivity index (χ2n) is 3.06. The minimum absolute atomic E-state index is 0.358. The van der Waals surface area contributed by atoms with E-state index in [-0.39, 0.29) is 0 Å². The monoisotopic (exact) mass is 189 g/mol. The van der Waals surface area contributed by atoms with Crippen LogP contribution in [0.2, 0.25) is 0 Å². The summed E-state index contributed by atoms with van der Waals surface area (Å²) in [4.78, 5) is 16.9. The van der Waals surface area contributed by atoms with Crippen LogP contribution in [-0.4, -0.2) is 24.8 Å². The fraction of sp³-hybridized carbons (Fsp3) is 0.200. The zero-order valence-electron chi connectivity index (χ0n) is 7.68. The first-order valence-corrected chi connectivity index (χ1v) is 4.46. The summed E-state index contributed by atoms with van der Waals surface area (Å²) in [5.41, 5.74) is 6.17. The third-order valence-corrected chi connectivity index (χ3v) is 2.13. The van der Waals surface area contributed by atoms with Gasteiger partial charge in [-0.2, -0.15) is 0 Å². The smallest absolute Gasteiger partial charge is 0.284 e. The number of primary amides is 1. The van der Waals surface area contributed by atoms with Crippen LogP contribution >= 0.6 is 0 Å². The Hall–Kier alpha value is -1.84. The fourth-order valence-corrected chi connectivity index (χ4v) is 1.52. The van der Waals surface area contributed by atoms with Crippen molar-refractivity contribution in [2.45, 2.75) is 0 Å². The van der Waals surface area contributed by atoms with Gasteiger partial charge in [0.25, 0.3) is 5.91 Å². The maximum Gasteiger partial charge on any atom is 0.284 e. The SMILES string of the molecule is NC(=O)C1=NCCN1c1ccccc1. The van der Waals surface area contributed by atoms with Gasteiger partial charge in [0, 0.05) is 12.2 Å². The molecule has 4 nitrogen and oxygen atoms in total. The molecule has 0 fully saturated rings. The molecule has 1 aromatic carbocycles. The first-order valence-electron chi connectivity index (χ1n) is 4.46. The van der Waals surface area contributed by atoms with E-state index in [0.717, 1.165) is 12.2 Å². The lowest BCUT2D eigenvalue weighted by Crippen LogP contribution is -2.37. The molecule has 72 valence electrons. The number of anilines is 1. The number of carbonyl (C=O) groups excluding carboxylic acids is 1. The highest BCUT2D eigenvalue weighted by Gasteiger charge is 2.22. The van der Waals surface area contributed by atoms with Crippen molar-refractivity contribution in [3.05, 3.63) is 30.3 Å². The maximum absolute atomic E-state index is 11.0. The van der Waals surface area contributed by atoms with Gasteiger partial charge in [0.1, 0.15) is 0 Å². The summed E-state index contributed by atoms with van der Waals surface area (Å²) in [5.74, 6) is -0.109. The van der Waals surface area contributed by atoms with E-state index in [9.17, 15) is 4.79 Å². The van der Waals surface area contributed by atoms with E-state index in [1.54, 1.807) is 0 Å². The fourth-order valence-electron chi connectivity index (χ4n) is 1.52. The lowest BCUT2D eigenvalue weighted by Gasteiger charge is -2.17. The number of nitrogens with two attached hydrogens (primary N) is 1. The highest BCUT2D eigenvalue weighted by Crippen LogP contribution is 2.16. The third kappa shape index (κ3) is 1.46. The van der Waals surface area contributed by atoms with Gasteiger partial charge in [0.2, 0.25) is 0 Å². The average Bonchev–Trinajstić information content (AvgIpc) is 2.67. The first kappa shape index (κ1) is 8.74. The molecule has 0 atom stereocenters. The third-order valence-electron chi connectivity index (χ3n) is 2.13. The summed E-state index contributed by atoms with van der Waals surface area (Å²) in [5, 5.41) is 0. The summed E-state index contributed by atoms with van der Waals surface area (Å²) < 4.78 is 0. The molecule has 1 heterocycles. The second kappa shape index (κ2) is 3.49. The van der Waals surface area contributed by atoms with Crippen LogP contribution in [0.25, 0.3) is 0 Å². The van der Waals surface area contributed by atoms with Crippen molar-refractivity contribution in [2.24, 2.45) is 10.7 Å². The molecule has 0 bridgehead atoms.